The standard InChI is InChI=1S/C18H29ClN4O/c1-14-16(17(24)21-12-15-8-4-2-5-9-15)13-22-18(23-14)20-11-7-3-6-10-19/h13,15H,2-12H2,1H3,(H,21,24)(H,20,22,23). The third-order valence-corrected chi connectivity index (χ3v) is 4.86. The van der Waals surface area contributed by atoms with Crippen molar-refractivity contribution in [2.75, 3.05) is 24.3 Å². The molecule has 1 fully saturated rings. The minimum absolute atomic E-state index is 0.0632. The summed E-state index contributed by atoms with van der Waals surface area (Å²) in [7, 11) is 0. The van der Waals surface area contributed by atoms with E-state index < -0.39 is 0 Å². The van der Waals surface area contributed by atoms with Crippen LogP contribution in [0.5, 0.6) is 0 Å². The number of hydrogen-bond donors (Lipinski definition) is 2. The van der Waals surface area contributed by atoms with Gasteiger partial charge in [-0.05, 0) is 38.5 Å². The molecule has 1 heterocycles. The molecule has 24 heavy (non-hydrogen) atoms. The number of nitrogens with one attached hydrogen (secondary N) is 2. The molecule has 0 unspecified atom stereocenters. The largest absolute Gasteiger partial charge is 0.354 e. The molecule has 1 aliphatic rings. The molecular weight excluding hydrogens is 324 g/mol. The van der Waals surface area contributed by atoms with Crippen LogP contribution >= 0.6 is 11.6 Å². The van der Waals surface area contributed by atoms with Crippen molar-refractivity contribution in [2.24, 2.45) is 5.92 Å². The van der Waals surface area contributed by atoms with Gasteiger partial charge in [0, 0.05) is 25.2 Å². The fraction of sp³-hybridized carbons (Fsp3) is 0.722. The first-order chi connectivity index (χ1) is 11.7. The summed E-state index contributed by atoms with van der Waals surface area (Å²) >= 11 is 5.66. The Morgan fingerprint density at radius 3 is 2.75 bits per heavy atom. The molecule has 134 valence electrons. The Bertz CT molecular complexity index is 518. The SMILES string of the molecule is Cc1nc(NCCCCCCl)ncc1C(=O)NCC1CCCCC1. The smallest absolute Gasteiger partial charge is 0.254 e. The van der Waals surface area contributed by atoms with E-state index in [0.29, 0.717) is 23.3 Å². The Hall–Kier alpha value is -1.36. The molecule has 0 aliphatic heterocycles. The molecule has 1 saturated carbocycles. The van der Waals surface area contributed by atoms with Crippen LogP contribution in [0.15, 0.2) is 6.20 Å². The fourth-order valence-electron chi connectivity index (χ4n) is 3.10. The van der Waals surface area contributed by atoms with Gasteiger partial charge >= 0.3 is 0 Å². The molecule has 0 spiro atoms. The molecule has 1 aromatic rings. The van der Waals surface area contributed by atoms with Crippen molar-refractivity contribution in [3.63, 3.8) is 0 Å². The highest BCUT2D eigenvalue weighted by Crippen LogP contribution is 2.22. The van der Waals surface area contributed by atoms with Crippen molar-refractivity contribution in [1.29, 1.82) is 0 Å². The van der Waals surface area contributed by atoms with E-state index in [4.69, 9.17) is 11.6 Å². The molecule has 0 atom stereocenters. The lowest BCUT2D eigenvalue weighted by atomic mass is 9.89. The number of hydrogen-bond acceptors (Lipinski definition) is 4. The topological polar surface area (TPSA) is 66.9 Å². The number of alkyl halides is 1. The van der Waals surface area contributed by atoms with Gasteiger partial charge in [0.05, 0.1) is 11.3 Å². The van der Waals surface area contributed by atoms with Crippen LogP contribution in [0.1, 0.15) is 67.4 Å². The minimum Gasteiger partial charge on any atom is -0.354 e. The van der Waals surface area contributed by atoms with Crippen molar-refractivity contribution < 1.29 is 4.79 Å². The lowest BCUT2D eigenvalue weighted by Gasteiger charge is -2.21. The third-order valence-electron chi connectivity index (χ3n) is 4.59. The van der Waals surface area contributed by atoms with Gasteiger partial charge in [-0.1, -0.05) is 25.7 Å². The van der Waals surface area contributed by atoms with E-state index in [1.54, 1.807) is 6.20 Å². The van der Waals surface area contributed by atoms with E-state index in [-0.39, 0.29) is 5.91 Å². The average Bonchev–Trinajstić information content (AvgIpc) is 2.60. The summed E-state index contributed by atoms with van der Waals surface area (Å²) in [5, 5.41) is 6.24. The lowest BCUT2D eigenvalue weighted by Crippen LogP contribution is -2.31. The molecule has 6 heteroatoms. The molecule has 2 rings (SSSR count). The zero-order valence-corrected chi connectivity index (χ0v) is 15.4. The van der Waals surface area contributed by atoms with Crippen molar-refractivity contribution in [3.8, 4) is 0 Å². The number of aromatic nitrogens is 2. The Kier molecular flexibility index (Phi) is 8.29. The van der Waals surface area contributed by atoms with Crippen LogP contribution in [0.3, 0.4) is 0 Å². The highest BCUT2D eigenvalue weighted by atomic mass is 35.5. The number of rotatable bonds is 9. The quantitative estimate of drug-likeness (QED) is 0.522. The minimum atomic E-state index is -0.0632. The van der Waals surface area contributed by atoms with Gasteiger partial charge in [0.25, 0.3) is 5.91 Å². The second kappa shape index (κ2) is 10.5. The van der Waals surface area contributed by atoms with Gasteiger partial charge < -0.3 is 10.6 Å². The van der Waals surface area contributed by atoms with Crippen molar-refractivity contribution in [2.45, 2.75) is 58.3 Å². The van der Waals surface area contributed by atoms with E-state index in [2.05, 4.69) is 20.6 Å². The van der Waals surface area contributed by atoms with Crippen LogP contribution in [-0.2, 0) is 0 Å². The van der Waals surface area contributed by atoms with Crippen LogP contribution in [0, 0.1) is 12.8 Å². The molecule has 5 nitrogen and oxygen atoms in total. The first kappa shape index (κ1) is 19.0. The fourth-order valence-corrected chi connectivity index (χ4v) is 3.28. The zero-order chi connectivity index (χ0) is 17.2. The normalized spacial score (nSPS) is 15.2. The molecule has 0 saturated heterocycles. The second-order valence-electron chi connectivity index (χ2n) is 6.58. The second-order valence-corrected chi connectivity index (χ2v) is 6.96. The van der Waals surface area contributed by atoms with Crippen LogP contribution < -0.4 is 10.6 Å². The van der Waals surface area contributed by atoms with Crippen molar-refractivity contribution in [3.05, 3.63) is 17.5 Å². The first-order valence-electron chi connectivity index (χ1n) is 9.12. The molecule has 2 N–H and O–H groups in total. The highest BCUT2D eigenvalue weighted by molar-refractivity contribution is 6.17. The Morgan fingerprint density at radius 1 is 1.25 bits per heavy atom. The van der Waals surface area contributed by atoms with E-state index in [0.717, 1.165) is 38.0 Å². The van der Waals surface area contributed by atoms with E-state index in [9.17, 15) is 4.79 Å². The predicted octanol–water partition coefficient (Wildman–Crippen LogP) is 3.92. The van der Waals surface area contributed by atoms with Crippen LogP contribution in [0.25, 0.3) is 0 Å². The number of amides is 1. The van der Waals surface area contributed by atoms with E-state index in [1.807, 2.05) is 6.92 Å². The summed E-state index contributed by atoms with van der Waals surface area (Å²) in [6.45, 7) is 3.44. The number of anilines is 1. The predicted molar refractivity (Wildman–Crippen MR) is 98.7 cm³/mol. The molecule has 1 aromatic heterocycles. The van der Waals surface area contributed by atoms with E-state index >= 15 is 0 Å². The monoisotopic (exact) mass is 352 g/mol. The van der Waals surface area contributed by atoms with Crippen LogP contribution in [-0.4, -0.2) is 34.8 Å². The van der Waals surface area contributed by atoms with Gasteiger partial charge in [0.2, 0.25) is 5.95 Å². The van der Waals surface area contributed by atoms with Crippen LogP contribution in [0.4, 0.5) is 5.95 Å². The molecule has 0 bridgehead atoms. The molecule has 0 aromatic carbocycles. The third kappa shape index (κ3) is 6.27. The van der Waals surface area contributed by atoms with Crippen molar-refractivity contribution >= 4 is 23.5 Å². The Labute approximate surface area is 150 Å². The summed E-state index contributed by atoms with van der Waals surface area (Å²) in [5.41, 5.74) is 1.29. The molecule has 1 aliphatic carbocycles. The number of carbonyl (C=O) groups excluding carboxylic acids is 1. The number of halogens is 1. The van der Waals surface area contributed by atoms with Gasteiger partial charge in [0.15, 0.2) is 0 Å². The summed E-state index contributed by atoms with van der Waals surface area (Å²) in [6, 6.07) is 0. The maximum Gasteiger partial charge on any atom is 0.254 e. The van der Waals surface area contributed by atoms with Gasteiger partial charge in [-0.3, -0.25) is 4.79 Å². The summed E-state index contributed by atoms with van der Waals surface area (Å²) in [5.74, 6) is 1.85. The molecular formula is C18H29ClN4O. The zero-order valence-electron chi connectivity index (χ0n) is 14.6. The molecule has 0 radical (unpaired) electrons. The molecule has 1 amide bonds. The summed E-state index contributed by atoms with van der Waals surface area (Å²) < 4.78 is 0. The van der Waals surface area contributed by atoms with Crippen LogP contribution in [0.2, 0.25) is 0 Å². The van der Waals surface area contributed by atoms with Gasteiger partial charge in [0.1, 0.15) is 0 Å². The summed E-state index contributed by atoms with van der Waals surface area (Å²) in [4.78, 5) is 21.0. The summed E-state index contributed by atoms with van der Waals surface area (Å²) in [6.07, 6.45) is 11.1. The van der Waals surface area contributed by atoms with Gasteiger partial charge in [-0.15, -0.1) is 11.6 Å². The first-order valence-corrected chi connectivity index (χ1v) is 9.66. The maximum atomic E-state index is 12.3. The van der Waals surface area contributed by atoms with Gasteiger partial charge in [-0.2, -0.15) is 0 Å². The van der Waals surface area contributed by atoms with Gasteiger partial charge in [-0.25, -0.2) is 9.97 Å². The highest BCUT2D eigenvalue weighted by Gasteiger charge is 2.16. The van der Waals surface area contributed by atoms with Crippen molar-refractivity contribution in [1.82, 2.24) is 15.3 Å². The van der Waals surface area contributed by atoms with E-state index in [1.165, 1.54) is 32.1 Å². The lowest BCUT2D eigenvalue weighted by molar-refractivity contribution is 0.0942. The number of aryl methyl sites for hydroxylation is 1. The number of unbranched alkanes of at least 4 members (excludes halogenated alkanes) is 2. The number of carbonyl (C=O) groups is 1. The average molecular weight is 353 g/mol. The Morgan fingerprint density at radius 2 is 2.04 bits per heavy atom. The number of nitrogens with zero attached hydrogens (tertiary/aromatic N) is 2. The Balaban J connectivity index is 1.78. The maximum absolute atomic E-state index is 12.3.